The van der Waals surface area contributed by atoms with Crippen LogP contribution < -0.4 is 85.1 Å². The van der Waals surface area contributed by atoms with Gasteiger partial charge in [-0.2, -0.15) is 105 Å². The Morgan fingerprint density at radius 3 is 0.591 bits per heavy atom. The molecule has 0 spiro atoms. The summed E-state index contributed by atoms with van der Waals surface area (Å²) in [7, 11) is 0. The quantitative estimate of drug-likeness (QED) is 0.0253. The second-order valence-corrected chi connectivity index (χ2v) is 27.9. The summed E-state index contributed by atoms with van der Waals surface area (Å²) < 4.78 is 329. The Morgan fingerprint density at radius 1 is 0.252 bits per heavy atom. The third-order valence-corrected chi connectivity index (χ3v) is 16.3. The van der Waals surface area contributed by atoms with Gasteiger partial charge in [0.05, 0.1) is 0 Å². The van der Waals surface area contributed by atoms with Gasteiger partial charge in [0.1, 0.15) is 60.5 Å². The van der Waals surface area contributed by atoms with Crippen LogP contribution >= 0.6 is 0 Å². The summed E-state index contributed by atoms with van der Waals surface area (Å²) in [5.74, 6) is -34.7. The lowest BCUT2D eigenvalue weighted by atomic mass is 10.0. The second kappa shape index (κ2) is 51.8. The van der Waals surface area contributed by atoms with Crippen molar-refractivity contribution in [2.75, 3.05) is 52.4 Å². The van der Waals surface area contributed by atoms with Gasteiger partial charge in [0.2, 0.25) is 41.4 Å². The van der Waals surface area contributed by atoms with Crippen LogP contribution in [0.4, 0.5) is 110 Å². The van der Waals surface area contributed by atoms with E-state index < -0.39 is 366 Å². The van der Waals surface area contributed by atoms with Crippen LogP contribution in [0.5, 0.6) is 0 Å². The zero-order valence-electron chi connectivity index (χ0n) is 66.5. The van der Waals surface area contributed by atoms with Gasteiger partial charge in [0, 0.05) is 52.4 Å². The number of rotatable bonds is 50. The van der Waals surface area contributed by atoms with E-state index in [1.807, 2.05) is 42.5 Å². The molecule has 0 aromatic heterocycles. The SMILES string of the molecule is CC(C)(C)OC(=O)NC(CCCNC(=O)C(F)(F)F)C(=O)NC(CCCNC(=O)C(F)(F)F)C(=O)NC(CCCNC(=O)C(F)(F)F)C(=O)NC(CCCNC(=O)C(F)(F)F)C(=O)NC(CCCNC(=O)C(F)(F)F)C(=O)NC(CCCNC(=O)C(F)(F)F)C(=O)NC(CCCNC(=O)C(F)(F)F)C(=O)NC(CCCNC(=O)C(F)(F)F)C(=O)OCc1ccccc1. The van der Waals surface area contributed by atoms with E-state index in [0.717, 1.165) is 0 Å². The summed E-state index contributed by atoms with van der Waals surface area (Å²) in [6.45, 7) is -5.47. The Labute approximate surface area is 702 Å². The van der Waals surface area contributed by atoms with Crippen LogP contribution in [0.1, 0.15) is 129 Å². The second-order valence-electron chi connectivity index (χ2n) is 27.9. The first-order chi connectivity index (χ1) is 58.2. The van der Waals surface area contributed by atoms with Gasteiger partial charge >= 0.3 is 109 Å². The first-order valence-corrected chi connectivity index (χ1v) is 37.4. The van der Waals surface area contributed by atoms with Crippen LogP contribution in [0.3, 0.4) is 0 Å². The molecule has 16 amide bonds. The van der Waals surface area contributed by atoms with Gasteiger partial charge in [0.15, 0.2) is 0 Å². The van der Waals surface area contributed by atoms with Gasteiger partial charge in [-0.25, -0.2) is 9.59 Å². The molecule has 8 atom stereocenters. The third kappa shape index (κ3) is 47.5. The Balaban J connectivity index is 4.46. The van der Waals surface area contributed by atoms with Crippen molar-refractivity contribution in [1.82, 2.24) is 85.1 Å². The minimum Gasteiger partial charge on any atom is -0.459 e. The van der Waals surface area contributed by atoms with Gasteiger partial charge in [-0.05, 0) is 129 Å². The molecule has 0 aliphatic heterocycles. The average molecular weight is 1890 g/mol. The number of hydrogen-bond acceptors (Lipinski definition) is 19. The molecule has 722 valence electrons. The highest BCUT2D eigenvalue weighted by atomic mass is 19.4. The summed E-state index contributed by atoms with van der Waals surface area (Å²) in [4.78, 5) is 223. The summed E-state index contributed by atoms with van der Waals surface area (Å²) in [5, 5.41) is 26.6. The molecule has 59 heteroatoms. The number of nitrogens with one attached hydrogen (secondary N) is 16. The molecular weight excluding hydrogens is 1800 g/mol. The molecule has 0 saturated heterocycles. The Kier molecular flexibility index (Phi) is 46.2. The van der Waals surface area contributed by atoms with E-state index in [-0.39, 0.29) is 5.56 Å². The van der Waals surface area contributed by atoms with Gasteiger partial charge < -0.3 is 94.5 Å². The lowest BCUT2D eigenvalue weighted by Gasteiger charge is -2.28. The van der Waals surface area contributed by atoms with E-state index in [0.29, 0.717) is 0 Å². The van der Waals surface area contributed by atoms with E-state index >= 15 is 0 Å². The molecule has 0 radical (unpaired) electrons. The van der Waals surface area contributed by atoms with Crippen molar-refractivity contribution in [3.05, 3.63) is 35.9 Å². The highest BCUT2D eigenvalue weighted by Crippen LogP contribution is 2.23. The van der Waals surface area contributed by atoms with Crippen LogP contribution in [0, 0.1) is 0 Å². The lowest BCUT2D eigenvalue weighted by Crippen LogP contribution is -2.60. The Hall–Kier alpha value is -11.7. The first-order valence-electron chi connectivity index (χ1n) is 37.4. The van der Waals surface area contributed by atoms with E-state index in [4.69, 9.17) is 9.47 Å². The largest absolute Gasteiger partial charge is 0.471 e. The lowest BCUT2D eigenvalue weighted by molar-refractivity contribution is -0.173. The zero-order chi connectivity index (χ0) is 97.5. The Bertz CT molecular complexity index is 3860. The van der Waals surface area contributed by atoms with Crippen LogP contribution in [0.2, 0.25) is 0 Å². The Morgan fingerprint density at radius 2 is 0.417 bits per heavy atom. The number of ether oxygens (including phenoxy) is 2. The predicted molar refractivity (Wildman–Crippen MR) is 379 cm³/mol. The summed E-state index contributed by atoms with van der Waals surface area (Å²) in [6, 6.07) is -11.7. The molecule has 1 rings (SSSR count). The summed E-state index contributed by atoms with van der Waals surface area (Å²) in [5.41, 5.74) is -1.16. The molecule has 127 heavy (non-hydrogen) atoms. The van der Waals surface area contributed by atoms with E-state index in [2.05, 4.69) is 0 Å². The molecule has 0 heterocycles. The molecule has 0 aliphatic carbocycles. The third-order valence-electron chi connectivity index (χ3n) is 16.3. The maximum atomic E-state index is 14.8. The standard InChI is InChI=1S/C68H88F24N16O19/c1-60(2,3)127-59(125)108-41(23-13-31-99-57(123)67(87,88)89)49(115)106-39(21-11-29-97-55(121)65(81,82)83)47(113)104-37(19-9-27-95-53(119)63(75,76)77)45(111)102-35(17-7-25-93-51(117)61(69,70)71)43(109)101-36(18-8-26-94-52(118)62(72,73)74)44(110)103-38(20-10-28-96-54(120)64(78,79)80)46(112)105-40(22-12-30-98-56(122)66(84,85)86)48(114)107-42(24-14-32-100-58(124)68(90,91)92)50(116)126-33-34-15-5-4-6-16-34/h4-6,15-16,35-42H,7-14,17-33H2,1-3H3,(H,93,117)(H,94,118)(H,95,119)(H,96,120)(H,97,121)(H,98,122)(H,99,123)(H,100,124)(H,101,109)(H,102,111)(H,103,110)(H,104,113)(H,105,112)(H,106,115)(H,107,114)(H,108,125). The summed E-state index contributed by atoms with van der Waals surface area (Å²) in [6.07, 6.45) is -61.3. The molecule has 1 aromatic carbocycles. The van der Waals surface area contributed by atoms with Crippen LogP contribution in [-0.4, -0.2) is 256 Å². The molecule has 8 unspecified atom stereocenters. The zero-order valence-corrected chi connectivity index (χ0v) is 66.5. The molecule has 35 nitrogen and oxygen atoms in total. The highest BCUT2D eigenvalue weighted by molar-refractivity contribution is 5.98. The van der Waals surface area contributed by atoms with Gasteiger partial charge in [0.25, 0.3) is 0 Å². The van der Waals surface area contributed by atoms with Crippen molar-refractivity contribution in [2.45, 2.75) is 233 Å². The van der Waals surface area contributed by atoms with Gasteiger partial charge in [-0.1, -0.05) is 30.3 Å². The van der Waals surface area contributed by atoms with E-state index in [1.165, 1.54) is 93.6 Å². The predicted octanol–water partition coefficient (Wildman–Crippen LogP) is 2.69. The maximum absolute atomic E-state index is 14.8. The molecule has 0 fully saturated rings. The average Bonchev–Trinajstić information content (AvgIpc) is 0.868. The molecule has 0 bridgehead atoms. The summed E-state index contributed by atoms with van der Waals surface area (Å²) >= 11 is 0. The number of carbonyl (C=O) groups excluding carboxylic acids is 17. The van der Waals surface area contributed by atoms with Crippen molar-refractivity contribution in [2.24, 2.45) is 0 Å². The number of alkyl halides is 24. The number of esters is 1. The van der Waals surface area contributed by atoms with Crippen LogP contribution in [0.15, 0.2) is 30.3 Å². The fourth-order valence-corrected chi connectivity index (χ4v) is 10.2. The van der Waals surface area contributed by atoms with Gasteiger partial charge in [-0.15, -0.1) is 0 Å². The highest BCUT2D eigenvalue weighted by Gasteiger charge is 2.46. The molecular formula is C68H88F24N16O19. The van der Waals surface area contributed by atoms with E-state index in [1.54, 1.807) is 0 Å². The molecule has 16 N–H and O–H groups in total. The fraction of sp³-hybridized carbons (Fsp3) is 0.662. The fourth-order valence-electron chi connectivity index (χ4n) is 10.2. The smallest absolute Gasteiger partial charge is 0.459 e. The van der Waals surface area contributed by atoms with Crippen LogP contribution in [-0.2, 0) is 92.8 Å². The number of hydrogen-bond donors (Lipinski definition) is 16. The monoisotopic (exact) mass is 1890 g/mol. The number of carbonyl (C=O) groups is 17. The van der Waals surface area contributed by atoms with Crippen molar-refractivity contribution >= 4 is 101 Å². The van der Waals surface area contributed by atoms with Crippen molar-refractivity contribution < 1.29 is 196 Å². The number of halogens is 24. The van der Waals surface area contributed by atoms with Crippen molar-refractivity contribution in [3.8, 4) is 0 Å². The minimum absolute atomic E-state index is 0.251. The molecule has 1 aromatic rings. The van der Waals surface area contributed by atoms with Crippen molar-refractivity contribution in [1.29, 1.82) is 0 Å². The molecule has 0 saturated carbocycles. The normalized spacial score (nSPS) is 14.1. The van der Waals surface area contributed by atoms with Crippen LogP contribution in [0.25, 0.3) is 0 Å². The minimum atomic E-state index is -5.67. The number of amides is 16. The molecule has 0 aliphatic rings. The topological polar surface area (TPSA) is 501 Å². The number of alkyl carbamates (subject to hydrolysis) is 1. The van der Waals surface area contributed by atoms with E-state index in [9.17, 15) is 187 Å². The first kappa shape index (κ1) is 113. The van der Waals surface area contributed by atoms with Crippen molar-refractivity contribution in [3.63, 3.8) is 0 Å². The maximum Gasteiger partial charge on any atom is 0.471 e. The number of benzene rings is 1. The van der Waals surface area contributed by atoms with Gasteiger partial charge in [-0.3, -0.25) is 71.9 Å².